The van der Waals surface area contributed by atoms with Gasteiger partial charge in [-0.05, 0) is 48.9 Å². The molecule has 10 heteroatoms. The fourth-order valence-corrected chi connectivity index (χ4v) is 5.53. The first-order valence-electron chi connectivity index (χ1n) is 10.6. The number of hydrogen-bond donors (Lipinski definition) is 0. The summed E-state index contributed by atoms with van der Waals surface area (Å²) in [6.45, 7) is 3.74. The minimum Gasteiger partial charge on any atom is -0.495 e. The number of benzene rings is 2. The number of nitrogens with zero attached hydrogens (tertiary/aromatic N) is 4. The number of methoxy groups -OCH3 is 1. The van der Waals surface area contributed by atoms with Crippen molar-refractivity contribution >= 4 is 16.0 Å². The van der Waals surface area contributed by atoms with Gasteiger partial charge in [0.05, 0.1) is 12.8 Å². The Morgan fingerprint density at radius 3 is 2.55 bits per heavy atom. The lowest BCUT2D eigenvalue weighted by Gasteiger charge is -2.34. The number of piperazine rings is 1. The molecule has 2 aliphatic heterocycles. The lowest BCUT2D eigenvalue weighted by molar-refractivity contribution is 0.174. The van der Waals surface area contributed by atoms with Crippen LogP contribution in [0, 0.1) is 6.92 Å². The number of hydrogen-bond acceptors (Lipinski definition) is 8. The molecule has 1 fully saturated rings. The zero-order chi connectivity index (χ0) is 23.0. The molecule has 172 valence electrons. The Bertz CT molecular complexity index is 1290. The third-order valence-corrected chi connectivity index (χ3v) is 7.71. The summed E-state index contributed by atoms with van der Waals surface area (Å²) < 4.78 is 44.1. The molecule has 9 nitrogen and oxygen atoms in total. The maximum atomic E-state index is 13.2. The van der Waals surface area contributed by atoms with Crippen molar-refractivity contribution in [3.05, 3.63) is 54.2 Å². The SMILES string of the molecule is COc1cc(C)ccc1S(=O)(=O)N1CCN(c2nccc(-c3ccc4c(c3)OCO4)n2)CC1. The summed E-state index contributed by atoms with van der Waals surface area (Å²) in [5.74, 6) is 2.33. The average molecular weight is 469 g/mol. The predicted molar refractivity (Wildman–Crippen MR) is 122 cm³/mol. The van der Waals surface area contributed by atoms with Gasteiger partial charge in [-0.2, -0.15) is 4.31 Å². The van der Waals surface area contributed by atoms with Crippen LogP contribution in [-0.4, -0.2) is 62.8 Å². The van der Waals surface area contributed by atoms with Gasteiger partial charge >= 0.3 is 0 Å². The molecular formula is C23H24N4O5S. The van der Waals surface area contributed by atoms with Gasteiger partial charge in [-0.25, -0.2) is 18.4 Å². The molecule has 0 N–H and O–H groups in total. The topological polar surface area (TPSA) is 94.1 Å². The van der Waals surface area contributed by atoms with Crippen LogP contribution < -0.4 is 19.1 Å². The highest BCUT2D eigenvalue weighted by molar-refractivity contribution is 7.89. The number of rotatable bonds is 5. The maximum absolute atomic E-state index is 13.2. The van der Waals surface area contributed by atoms with Crippen LogP contribution in [0.3, 0.4) is 0 Å². The quantitative estimate of drug-likeness (QED) is 0.564. The molecule has 1 aromatic heterocycles. The van der Waals surface area contributed by atoms with Crippen LogP contribution >= 0.6 is 0 Å². The molecule has 2 aromatic carbocycles. The van der Waals surface area contributed by atoms with Gasteiger partial charge in [-0.1, -0.05) is 6.07 Å². The van der Waals surface area contributed by atoms with Gasteiger partial charge in [0.25, 0.3) is 0 Å². The number of aryl methyl sites for hydroxylation is 1. The van der Waals surface area contributed by atoms with E-state index in [9.17, 15) is 8.42 Å². The fraction of sp³-hybridized carbons (Fsp3) is 0.304. The molecular weight excluding hydrogens is 444 g/mol. The van der Waals surface area contributed by atoms with Crippen LogP contribution in [0.15, 0.2) is 53.6 Å². The van der Waals surface area contributed by atoms with Crippen LogP contribution in [0.5, 0.6) is 17.2 Å². The van der Waals surface area contributed by atoms with Crippen LogP contribution in [0.25, 0.3) is 11.3 Å². The van der Waals surface area contributed by atoms with Gasteiger partial charge in [0, 0.05) is 37.9 Å². The van der Waals surface area contributed by atoms with E-state index in [-0.39, 0.29) is 11.7 Å². The molecule has 0 radical (unpaired) electrons. The lowest BCUT2D eigenvalue weighted by atomic mass is 10.1. The van der Waals surface area contributed by atoms with E-state index >= 15 is 0 Å². The van der Waals surface area contributed by atoms with Crippen molar-refractivity contribution in [1.29, 1.82) is 0 Å². The molecule has 0 aliphatic carbocycles. The highest BCUT2D eigenvalue weighted by Crippen LogP contribution is 2.35. The standard InChI is InChI=1S/C23H24N4O5S/c1-16-3-6-22(21(13-16)30-2)33(28,29)27-11-9-26(10-12-27)23-24-8-7-18(25-23)17-4-5-19-20(14-17)32-15-31-19/h3-8,13-14H,9-12,15H2,1-2H3. The van der Waals surface area contributed by atoms with Crippen LogP contribution in [0.2, 0.25) is 0 Å². The number of anilines is 1. The van der Waals surface area contributed by atoms with Gasteiger partial charge in [0.2, 0.25) is 22.8 Å². The van der Waals surface area contributed by atoms with Crippen molar-refractivity contribution in [2.45, 2.75) is 11.8 Å². The molecule has 0 bridgehead atoms. The second kappa shape index (κ2) is 8.53. The Labute approximate surface area is 192 Å². The minimum absolute atomic E-state index is 0.185. The summed E-state index contributed by atoms with van der Waals surface area (Å²) in [5.41, 5.74) is 2.60. The summed E-state index contributed by atoms with van der Waals surface area (Å²) in [6.07, 6.45) is 1.71. The molecule has 5 rings (SSSR count). The molecule has 1 saturated heterocycles. The average Bonchev–Trinajstić information content (AvgIpc) is 3.32. The van der Waals surface area contributed by atoms with Gasteiger partial charge in [-0.3, -0.25) is 0 Å². The molecule has 3 aromatic rings. The molecule has 0 atom stereocenters. The summed E-state index contributed by atoms with van der Waals surface area (Å²) in [5, 5.41) is 0. The van der Waals surface area contributed by atoms with Gasteiger partial charge in [-0.15, -0.1) is 0 Å². The van der Waals surface area contributed by atoms with E-state index < -0.39 is 10.0 Å². The van der Waals surface area contributed by atoms with Gasteiger partial charge < -0.3 is 19.1 Å². The Morgan fingerprint density at radius 2 is 1.76 bits per heavy atom. The molecule has 3 heterocycles. The molecule has 33 heavy (non-hydrogen) atoms. The van der Waals surface area contributed by atoms with Crippen molar-refractivity contribution in [3.8, 4) is 28.5 Å². The lowest BCUT2D eigenvalue weighted by Crippen LogP contribution is -2.49. The van der Waals surface area contributed by atoms with Crippen LogP contribution in [-0.2, 0) is 10.0 Å². The monoisotopic (exact) mass is 468 g/mol. The second-order valence-electron chi connectivity index (χ2n) is 7.86. The van der Waals surface area contributed by atoms with Crippen molar-refractivity contribution in [3.63, 3.8) is 0 Å². The Balaban J connectivity index is 1.32. The molecule has 0 amide bonds. The van der Waals surface area contributed by atoms with E-state index in [1.807, 2.05) is 36.1 Å². The van der Waals surface area contributed by atoms with Gasteiger partial charge in [0.1, 0.15) is 10.6 Å². The summed E-state index contributed by atoms with van der Waals surface area (Å²) in [7, 11) is -2.19. The van der Waals surface area contributed by atoms with E-state index in [0.29, 0.717) is 43.6 Å². The first-order valence-corrected chi connectivity index (χ1v) is 12.0. The van der Waals surface area contributed by atoms with Crippen molar-refractivity contribution in [2.75, 3.05) is 45.0 Å². The molecule has 0 unspecified atom stereocenters. The van der Waals surface area contributed by atoms with E-state index in [2.05, 4.69) is 4.98 Å². The minimum atomic E-state index is -3.67. The summed E-state index contributed by atoms with van der Waals surface area (Å²) >= 11 is 0. The number of fused-ring (bicyclic) bond motifs is 1. The highest BCUT2D eigenvalue weighted by atomic mass is 32.2. The Morgan fingerprint density at radius 1 is 0.970 bits per heavy atom. The Hall–Kier alpha value is -3.37. The number of sulfonamides is 1. The predicted octanol–water partition coefficient (Wildman–Crippen LogP) is 2.70. The van der Waals surface area contributed by atoms with Crippen LogP contribution in [0.4, 0.5) is 5.95 Å². The summed E-state index contributed by atoms with van der Waals surface area (Å²) in [6, 6.07) is 12.6. The van der Waals surface area contributed by atoms with Crippen molar-refractivity contribution in [2.24, 2.45) is 0 Å². The molecule has 0 spiro atoms. The third-order valence-electron chi connectivity index (χ3n) is 5.77. The smallest absolute Gasteiger partial charge is 0.246 e. The first-order chi connectivity index (χ1) is 16.0. The van der Waals surface area contributed by atoms with Gasteiger partial charge in [0.15, 0.2) is 11.5 Å². The zero-order valence-electron chi connectivity index (χ0n) is 18.4. The fourth-order valence-electron chi connectivity index (χ4n) is 3.97. The van der Waals surface area contributed by atoms with Crippen LogP contribution in [0.1, 0.15) is 5.56 Å². The number of ether oxygens (including phenoxy) is 3. The third kappa shape index (κ3) is 4.07. The molecule has 0 saturated carbocycles. The second-order valence-corrected chi connectivity index (χ2v) is 9.76. The van der Waals surface area contributed by atoms with Crippen molar-refractivity contribution < 1.29 is 22.6 Å². The summed E-state index contributed by atoms with van der Waals surface area (Å²) in [4.78, 5) is 11.3. The van der Waals surface area contributed by atoms with E-state index in [1.165, 1.54) is 11.4 Å². The number of aromatic nitrogens is 2. The Kier molecular flexibility index (Phi) is 5.55. The zero-order valence-corrected chi connectivity index (χ0v) is 19.2. The maximum Gasteiger partial charge on any atom is 0.246 e. The largest absolute Gasteiger partial charge is 0.495 e. The highest BCUT2D eigenvalue weighted by Gasteiger charge is 2.31. The van der Waals surface area contributed by atoms with E-state index in [0.717, 1.165) is 22.6 Å². The van der Waals surface area contributed by atoms with E-state index in [1.54, 1.807) is 24.4 Å². The first kappa shape index (κ1) is 21.5. The van der Waals surface area contributed by atoms with E-state index in [4.69, 9.17) is 19.2 Å². The normalized spacial score (nSPS) is 16.1. The van der Waals surface area contributed by atoms with Crippen molar-refractivity contribution in [1.82, 2.24) is 14.3 Å². The molecule has 2 aliphatic rings.